The number of aliphatic carboxylic acids is 1. The van der Waals surface area contributed by atoms with Crippen LogP contribution in [0.4, 0.5) is 0 Å². The molecule has 1 fully saturated rings. The van der Waals surface area contributed by atoms with Gasteiger partial charge in [-0.3, -0.25) is 0 Å². The third-order valence-corrected chi connectivity index (χ3v) is 5.62. The zero-order chi connectivity index (χ0) is 27.3. The lowest BCUT2D eigenvalue weighted by molar-refractivity contribution is -0.207. The summed E-state index contributed by atoms with van der Waals surface area (Å²) < 4.78 is 10.2. The molecule has 3 rings (SSSR count). The minimum absolute atomic E-state index is 0.288. The van der Waals surface area contributed by atoms with Gasteiger partial charge in [-0.15, -0.1) is 0 Å². The smallest absolute Gasteiger partial charge is 0.348 e. The molecule has 37 heavy (non-hydrogen) atoms. The van der Waals surface area contributed by atoms with Gasteiger partial charge < -0.3 is 45.2 Å². The summed E-state index contributed by atoms with van der Waals surface area (Å²) >= 11 is 0. The van der Waals surface area contributed by atoms with E-state index in [1.165, 1.54) is 42.5 Å². The normalized spacial score (nSPS) is 23.7. The second kappa shape index (κ2) is 11.0. The summed E-state index contributed by atoms with van der Waals surface area (Å²) in [6, 6.07) is 7.44. The van der Waals surface area contributed by atoms with Crippen molar-refractivity contribution in [3.8, 4) is 23.0 Å². The lowest BCUT2D eigenvalue weighted by Crippen LogP contribution is -2.58. The van der Waals surface area contributed by atoms with Crippen LogP contribution in [0.3, 0.4) is 0 Å². The molecule has 12 nitrogen and oxygen atoms in total. The molecular formula is C25H24O12. The number of carboxylic acids is 1. The van der Waals surface area contributed by atoms with E-state index in [0.717, 1.165) is 18.2 Å². The Labute approximate surface area is 209 Å². The van der Waals surface area contributed by atoms with Crippen LogP contribution in [0.25, 0.3) is 12.2 Å². The van der Waals surface area contributed by atoms with E-state index in [1.54, 1.807) is 0 Å². The molecule has 0 unspecified atom stereocenters. The molecule has 0 aliphatic heterocycles. The summed E-state index contributed by atoms with van der Waals surface area (Å²) in [5.74, 6) is -5.41. The van der Waals surface area contributed by atoms with E-state index in [2.05, 4.69) is 0 Å². The monoisotopic (exact) mass is 516 g/mol. The molecule has 2 aromatic rings. The number of ether oxygens (including phenoxy) is 2. The molecule has 0 saturated heterocycles. The molecule has 0 heterocycles. The van der Waals surface area contributed by atoms with Crippen LogP contribution in [0, 0.1) is 0 Å². The zero-order valence-corrected chi connectivity index (χ0v) is 19.1. The minimum atomic E-state index is -2.34. The van der Waals surface area contributed by atoms with Crippen molar-refractivity contribution >= 4 is 30.1 Å². The Bertz CT molecular complexity index is 1250. The fraction of sp³-hybridized carbons (Fsp3) is 0.240. The first kappa shape index (κ1) is 27.0. The third kappa shape index (κ3) is 6.57. The Kier molecular flexibility index (Phi) is 8.05. The highest BCUT2D eigenvalue weighted by Crippen LogP contribution is 2.35. The van der Waals surface area contributed by atoms with E-state index in [-0.39, 0.29) is 17.1 Å². The van der Waals surface area contributed by atoms with Crippen molar-refractivity contribution in [3.63, 3.8) is 0 Å². The number of benzene rings is 2. The molecule has 1 aliphatic rings. The van der Waals surface area contributed by atoms with Crippen LogP contribution in [0.1, 0.15) is 24.0 Å². The predicted molar refractivity (Wildman–Crippen MR) is 125 cm³/mol. The minimum Gasteiger partial charge on any atom is -0.504 e. The topological polar surface area (TPSA) is 211 Å². The third-order valence-electron chi connectivity index (χ3n) is 5.62. The lowest BCUT2D eigenvalue weighted by Gasteiger charge is -2.41. The van der Waals surface area contributed by atoms with Gasteiger partial charge in [-0.1, -0.05) is 12.1 Å². The number of phenols is 4. The summed E-state index contributed by atoms with van der Waals surface area (Å²) in [6.45, 7) is 0. The fourth-order valence-corrected chi connectivity index (χ4v) is 3.68. The highest BCUT2D eigenvalue weighted by molar-refractivity contribution is 5.91. The lowest BCUT2D eigenvalue weighted by atomic mass is 9.79. The Morgan fingerprint density at radius 3 is 1.78 bits per heavy atom. The number of carbonyl (C=O) groups excluding carboxylic acids is 2. The zero-order valence-electron chi connectivity index (χ0n) is 19.1. The van der Waals surface area contributed by atoms with Crippen molar-refractivity contribution in [1.29, 1.82) is 0 Å². The van der Waals surface area contributed by atoms with Crippen molar-refractivity contribution in [1.82, 2.24) is 0 Å². The molecule has 0 radical (unpaired) electrons. The van der Waals surface area contributed by atoms with Crippen molar-refractivity contribution in [2.24, 2.45) is 0 Å². The Hall–Kier alpha value is -4.55. The van der Waals surface area contributed by atoms with E-state index in [1.807, 2.05) is 0 Å². The van der Waals surface area contributed by atoms with Crippen molar-refractivity contribution < 1.29 is 59.6 Å². The van der Waals surface area contributed by atoms with E-state index in [9.17, 15) is 50.1 Å². The highest BCUT2D eigenvalue weighted by Gasteiger charge is 2.54. The van der Waals surface area contributed by atoms with Gasteiger partial charge in [0.2, 0.25) is 5.60 Å². The van der Waals surface area contributed by atoms with Gasteiger partial charge in [0.05, 0.1) is 6.10 Å². The van der Waals surface area contributed by atoms with Gasteiger partial charge in [-0.2, -0.15) is 0 Å². The number of rotatable bonds is 7. The number of aliphatic hydroxyl groups excluding tert-OH is 2. The van der Waals surface area contributed by atoms with E-state index in [0.29, 0.717) is 5.56 Å². The van der Waals surface area contributed by atoms with Gasteiger partial charge in [-0.25, -0.2) is 14.4 Å². The fourth-order valence-electron chi connectivity index (χ4n) is 3.68. The maximum absolute atomic E-state index is 12.4. The van der Waals surface area contributed by atoms with Gasteiger partial charge >= 0.3 is 17.9 Å². The van der Waals surface area contributed by atoms with Gasteiger partial charge in [0.15, 0.2) is 23.0 Å². The molecule has 0 spiro atoms. The summed E-state index contributed by atoms with van der Waals surface area (Å²) in [5, 5.41) is 68.0. The van der Waals surface area contributed by atoms with E-state index in [4.69, 9.17) is 9.47 Å². The summed E-state index contributed by atoms with van der Waals surface area (Å²) in [4.78, 5) is 36.7. The molecule has 1 saturated carbocycles. The number of aliphatic hydroxyl groups is 2. The van der Waals surface area contributed by atoms with Gasteiger partial charge in [-0.05, 0) is 47.5 Å². The number of carboxylic acid groups (broad SMARTS) is 1. The number of hydrogen-bond acceptors (Lipinski definition) is 11. The first-order valence-corrected chi connectivity index (χ1v) is 10.8. The van der Waals surface area contributed by atoms with Gasteiger partial charge in [0, 0.05) is 25.0 Å². The molecule has 0 bridgehead atoms. The number of esters is 2. The first-order chi connectivity index (χ1) is 17.4. The molecule has 4 atom stereocenters. The van der Waals surface area contributed by atoms with Gasteiger partial charge in [0.1, 0.15) is 12.2 Å². The van der Waals surface area contributed by atoms with E-state index < -0.39 is 66.2 Å². The average Bonchev–Trinajstić information content (AvgIpc) is 2.83. The first-order valence-electron chi connectivity index (χ1n) is 10.8. The predicted octanol–water partition coefficient (Wildman–Crippen LogP) is 1.03. The van der Waals surface area contributed by atoms with Crippen LogP contribution in [0.15, 0.2) is 48.6 Å². The van der Waals surface area contributed by atoms with E-state index >= 15 is 0 Å². The van der Waals surface area contributed by atoms with Crippen LogP contribution in [-0.2, 0) is 23.9 Å². The number of hydrogen-bond donors (Lipinski definition) is 7. The molecule has 2 aromatic carbocycles. The number of aromatic hydroxyl groups is 4. The maximum atomic E-state index is 12.4. The van der Waals surface area contributed by atoms with Crippen molar-refractivity contribution in [2.75, 3.05) is 0 Å². The number of carbonyl (C=O) groups is 3. The van der Waals surface area contributed by atoms with Crippen LogP contribution < -0.4 is 0 Å². The second-order valence-electron chi connectivity index (χ2n) is 8.33. The second-order valence-corrected chi connectivity index (χ2v) is 8.33. The SMILES string of the molecule is O=C(C=Cc1ccc(O)c(O)c1)O[C@@H]1C[C@@](OC(=O)C=Cc2ccc(O)c(O)c2)(C(=O)O)C[C@@H](O)[C@@H]1O. The molecule has 12 heteroatoms. The summed E-state index contributed by atoms with van der Waals surface area (Å²) in [5.41, 5.74) is -1.73. The van der Waals surface area contributed by atoms with Crippen molar-refractivity contribution in [3.05, 3.63) is 59.7 Å². The summed E-state index contributed by atoms with van der Waals surface area (Å²) in [6.07, 6.45) is -2.09. The van der Waals surface area contributed by atoms with Crippen molar-refractivity contribution in [2.45, 2.75) is 36.8 Å². The largest absolute Gasteiger partial charge is 0.504 e. The standard InChI is InChI=1S/C25H24O12/c26-15-5-1-13(9-17(15)28)3-7-21(31)36-20-12-25(24(34)35,11-19(30)23(20)33)37-22(32)8-4-14-2-6-16(27)18(29)10-14/h1-10,19-20,23,26-30,33H,11-12H2,(H,34,35)/t19-,20-,23+,25-/m1/s1. The summed E-state index contributed by atoms with van der Waals surface area (Å²) in [7, 11) is 0. The van der Waals surface area contributed by atoms with Crippen LogP contribution in [0.5, 0.6) is 23.0 Å². The molecule has 7 N–H and O–H groups in total. The molecule has 0 amide bonds. The van der Waals surface area contributed by atoms with Crippen LogP contribution >= 0.6 is 0 Å². The van der Waals surface area contributed by atoms with Gasteiger partial charge in [0.25, 0.3) is 0 Å². The van der Waals surface area contributed by atoms with Crippen LogP contribution in [0.2, 0.25) is 0 Å². The Balaban J connectivity index is 1.73. The molecule has 196 valence electrons. The molecular weight excluding hydrogens is 492 g/mol. The Morgan fingerprint density at radius 1 is 0.784 bits per heavy atom. The average molecular weight is 516 g/mol. The highest BCUT2D eigenvalue weighted by atomic mass is 16.6. The van der Waals surface area contributed by atoms with Crippen LogP contribution in [-0.4, -0.2) is 77.6 Å². The quantitative estimate of drug-likeness (QED) is 0.156. The number of phenolic OH excluding ortho intramolecular Hbond substituents is 4. The molecule has 1 aliphatic carbocycles. The maximum Gasteiger partial charge on any atom is 0.348 e. The molecule has 0 aromatic heterocycles. The Morgan fingerprint density at radius 2 is 1.30 bits per heavy atom.